The van der Waals surface area contributed by atoms with Crippen LogP contribution in [0.25, 0.3) is 0 Å². The molecule has 1 fully saturated rings. The molecule has 1 aliphatic rings. The van der Waals surface area contributed by atoms with Crippen LogP contribution in [0, 0.1) is 5.41 Å². The molecule has 2 N–H and O–H groups in total. The van der Waals surface area contributed by atoms with Gasteiger partial charge in [0.1, 0.15) is 5.75 Å². The lowest BCUT2D eigenvalue weighted by molar-refractivity contribution is -0.132. The van der Waals surface area contributed by atoms with Crippen LogP contribution in [0.15, 0.2) is 28.7 Å². The van der Waals surface area contributed by atoms with Crippen molar-refractivity contribution in [1.29, 1.82) is 0 Å². The fraction of sp³-hybridized carbons (Fsp3) is 0.500. The van der Waals surface area contributed by atoms with Crippen molar-refractivity contribution in [2.24, 2.45) is 11.1 Å². The molecule has 4 nitrogen and oxygen atoms in total. The van der Waals surface area contributed by atoms with Gasteiger partial charge in [-0.1, -0.05) is 22.9 Å². The SMILES string of the molecule is CC1(CN)CCN(C(=O)COc2ccc(Br)cc2)C1.Cl. The minimum atomic E-state index is 0. The number of benzene rings is 1. The van der Waals surface area contributed by atoms with Crippen molar-refractivity contribution in [3.8, 4) is 5.75 Å². The van der Waals surface area contributed by atoms with E-state index < -0.39 is 0 Å². The van der Waals surface area contributed by atoms with E-state index >= 15 is 0 Å². The van der Waals surface area contributed by atoms with Crippen LogP contribution in [-0.4, -0.2) is 37.0 Å². The molecule has 1 atom stereocenters. The molecule has 6 heteroatoms. The third kappa shape index (κ3) is 4.36. The molecule has 1 aromatic rings. The normalized spacial score (nSPS) is 21.4. The molecule has 0 bridgehead atoms. The second kappa shape index (κ2) is 7.29. The van der Waals surface area contributed by atoms with Gasteiger partial charge in [0.25, 0.3) is 5.91 Å². The molecule has 20 heavy (non-hydrogen) atoms. The second-order valence-electron chi connectivity index (χ2n) is 5.32. The van der Waals surface area contributed by atoms with E-state index in [4.69, 9.17) is 10.5 Å². The lowest BCUT2D eigenvalue weighted by Crippen LogP contribution is -2.36. The summed E-state index contributed by atoms with van der Waals surface area (Å²) in [5.74, 6) is 0.734. The molecule has 112 valence electrons. The highest BCUT2D eigenvalue weighted by Crippen LogP contribution is 2.28. The maximum Gasteiger partial charge on any atom is 0.260 e. The van der Waals surface area contributed by atoms with Gasteiger partial charge in [-0.2, -0.15) is 0 Å². The van der Waals surface area contributed by atoms with Crippen molar-refractivity contribution in [1.82, 2.24) is 4.90 Å². The Bertz CT molecular complexity index is 455. The first-order valence-corrected chi connectivity index (χ1v) is 7.18. The molecule has 0 aromatic heterocycles. The summed E-state index contributed by atoms with van der Waals surface area (Å²) in [5, 5.41) is 0. The number of nitrogens with two attached hydrogens (primary N) is 1. The number of carbonyl (C=O) groups excluding carboxylic acids is 1. The van der Waals surface area contributed by atoms with Crippen LogP contribution in [0.3, 0.4) is 0 Å². The molecule has 1 aromatic carbocycles. The highest BCUT2D eigenvalue weighted by Gasteiger charge is 2.34. The van der Waals surface area contributed by atoms with Crippen molar-refractivity contribution >= 4 is 34.2 Å². The molecular weight excluding hydrogens is 344 g/mol. The van der Waals surface area contributed by atoms with Gasteiger partial charge in [-0.15, -0.1) is 12.4 Å². The molecule has 2 rings (SSSR count). The van der Waals surface area contributed by atoms with Crippen molar-refractivity contribution in [3.63, 3.8) is 0 Å². The fourth-order valence-electron chi connectivity index (χ4n) is 2.17. The van der Waals surface area contributed by atoms with E-state index in [0.717, 1.165) is 24.0 Å². The topological polar surface area (TPSA) is 55.6 Å². The summed E-state index contributed by atoms with van der Waals surface area (Å²) in [6.45, 7) is 4.32. The van der Waals surface area contributed by atoms with Crippen molar-refractivity contribution in [2.75, 3.05) is 26.2 Å². The fourth-order valence-corrected chi connectivity index (χ4v) is 2.43. The van der Waals surface area contributed by atoms with Crippen molar-refractivity contribution < 1.29 is 9.53 Å². The van der Waals surface area contributed by atoms with Gasteiger partial charge in [-0.3, -0.25) is 4.79 Å². The first kappa shape index (κ1) is 17.3. The Morgan fingerprint density at radius 2 is 2.10 bits per heavy atom. The third-order valence-corrected chi connectivity index (χ3v) is 4.11. The van der Waals surface area contributed by atoms with Gasteiger partial charge in [0.15, 0.2) is 6.61 Å². The predicted octanol–water partition coefficient (Wildman–Crippen LogP) is 2.45. The molecular formula is C14H20BrClN2O2. The van der Waals surface area contributed by atoms with Gasteiger partial charge >= 0.3 is 0 Å². The number of likely N-dealkylation sites (tertiary alicyclic amines) is 1. The number of hydrogen-bond donors (Lipinski definition) is 1. The molecule has 1 aliphatic heterocycles. The Morgan fingerprint density at radius 3 is 2.65 bits per heavy atom. The summed E-state index contributed by atoms with van der Waals surface area (Å²) < 4.78 is 6.48. The minimum absolute atomic E-state index is 0. The van der Waals surface area contributed by atoms with Crippen LogP contribution in [0.2, 0.25) is 0 Å². The molecule has 1 amide bonds. The van der Waals surface area contributed by atoms with Crippen LogP contribution in [0.1, 0.15) is 13.3 Å². The maximum absolute atomic E-state index is 12.0. The summed E-state index contributed by atoms with van der Waals surface area (Å²) in [6, 6.07) is 7.46. The van der Waals surface area contributed by atoms with Crippen LogP contribution in [-0.2, 0) is 4.79 Å². The third-order valence-electron chi connectivity index (χ3n) is 3.58. The van der Waals surface area contributed by atoms with E-state index in [9.17, 15) is 4.79 Å². The summed E-state index contributed by atoms with van der Waals surface area (Å²) in [7, 11) is 0. The zero-order valence-electron chi connectivity index (χ0n) is 11.5. The van der Waals surface area contributed by atoms with Gasteiger partial charge in [-0.05, 0) is 42.6 Å². The Morgan fingerprint density at radius 1 is 1.45 bits per heavy atom. The molecule has 0 aliphatic carbocycles. The van der Waals surface area contributed by atoms with E-state index in [0.29, 0.717) is 12.3 Å². The maximum atomic E-state index is 12.0. The van der Waals surface area contributed by atoms with Crippen LogP contribution >= 0.6 is 28.3 Å². The average Bonchev–Trinajstić information content (AvgIpc) is 2.81. The molecule has 1 saturated heterocycles. The van der Waals surface area contributed by atoms with Gasteiger partial charge in [0.05, 0.1) is 0 Å². The quantitative estimate of drug-likeness (QED) is 0.894. The summed E-state index contributed by atoms with van der Waals surface area (Å²) in [5.41, 5.74) is 5.80. The van der Waals surface area contributed by atoms with Gasteiger partial charge < -0.3 is 15.4 Å². The van der Waals surface area contributed by atoms with E-state index in [-0.39, 0.29) is 30.3 Å². The number of amides is 1. The standard InChI is InChI=1S/C14H19BrN2O2.ClH/c1-14(9-16)6-7-17(10-14)13(18)8-19-12-4-2-11(15)3-5-12;/h2-5H,6-10,16H2,1H3;1H. The summed E-state index contributed by atoms with van der Waals surface area (Å²) >= 11 is 3.36. The first-order chi connectivity index (χ1) is 9.02. The Kier molecular flexibility index (Phi) is 6.30. The summed E-state index contributed by atoms with van der Waals surface area (Å²) in [6.07, 6.45) is 0.966. The van der Waals surface area contributed by atoms with Crippen LogP contribution in [0.4, 0.5) is 0 Å². The van der Waals surface area contributed by atoms with Gasteiger partial charge in [0.2, 0.25) is 0 Å². The van der Waals surface area contributed by atoms with E-state index in [1.807, 2.05) is 29.2 Å². The van der Waals surface area contributed by atoms with E-state index in [1.165, 1.54) is 0 Å². The lowest BCUT2D eigenvalue weighted by atomic mass is 9.90. The minimum Gasteiger partial charge on any atom is -0.484 e. The number of ether oxygens (including phenoxy) is 1. The number of nitrogens with zero attached hydrogens (tertiary/aromatic N) is 1. The number of carbonyl (C=O) groups is 1. The zero-order valence-corrected chi connectivity index (χ0v) is 13.9. The van der Waals surface area contributed by atoms with Crippen molar-refractivity contribution in [3.05, 3.63) is 28.7 Å². The molecule has 1 heterocycles. The lowest BCUT2D eigenvalue weighted by Gasteiger charge is -2.22. The molecule has 0 saturated carbocycles. The smallest absolute Gasteiger partial charge is 0.260 e. The first-order valence-electron chi connectivity index (χ1n) is 6.39. The summed E-state index contributed by atoms with van der Waals surface area (Å²) in [4.78, 5) is 13.9. The second-order valence-corrected chi connectivity index (χ2v) is 6.24. The van der Waals surface area contributed by atoms with Gasteiger partial charge in [0, 0.05) is 17.6 Å². The Hall–Kier alpha value is -0.780. The van der Waals surface area contributed by atoms with Gasteiger partial charge in [-0.25, -0.2) is 0 Å². The van der Waals surface area contributed by atoms with Crippen LogP contribution in [0.5, 0.6) is 5.75 Å². The van der Waals surface area contributed by atoms with Crippen molar-refractivity contribution in [2.45, 2.75) is 13.3 Å². The number of rotatable bonds is 4. The average molecular weight is 364 g/mol. The zero-order chi connectivity index (χ0) is 13.9. The molecule has 0 radical (unpaired) electrons. The number of hydrogen-bond acceptors (Lipinski definition) is 3. The Labute approximate surface area is 134 Å². The van der Waals surface area contributed by atoms with E-state index in [2.05, 4.69) is 22.9 Å². The van der Waals surface area contributed by atoms with E-state index in [1.54, 1.807) is 0 Å². The molecule has 1 unspecified atom stereocenters. The monoisotopic (exact) mass is 362 g/mol. The highest BCUT2D eigenvalue weighted by atomic mass is 79.9. The largest absolute Gasteiger partial charge is 0.484 e. The van der Waals surface area contributed by atoms with Crippen LogP contribution < -0.4 is 10.5 Å². The molecule has 0 spiro atoms. The number of halogens is 2. The Balaban J connectivity index is 0.00000200. The highest BCUT2D eigenvalue weighted by molar-refractivity contribution is 9.10. The predicted molar refractivity (Wildman–Crippen MR) is 85.2 cm³/mol.